The van der Waals surface area contributed by atoms with Crippen LogP contribution in [0.2, 0.25) is 0 Å². The van der Waals surface area contributed by atoms with E-state index in [-0.39, 0.29) is 0 Å². The summed E-state index contributed by atoms with van der Waals surface area (Å²) >= 11 is 0. The van der Waals surface area contributed by atoms with Crippen molar-refractivity contribution in [1.29, 1.82) is 0 Å². The van der Waals surface area contributed by atoms with Gasteiger partial charge in [-0.25, -0.2) is 0 Å². The molecule has 0 radical (unpaired) electrons. The van der Waals surface area contributed by atoms with Crippen LogP contribution in [0.4, 0.5) is 0 Å². The highest BCUT2D eigenvalue weighted by molar-refractivity contribution is 5.44. The largest absolute Gasteiger partial charge is 0.265 e. The van der Waals surface area contributed by atoms with Crippen molar-refractivity contribution in [3.8, 4) is 0 Å². The van der Waals surface area contributed by atoms with Crippen LogP contribution in [0, 0.1) is 6.92 Å². The Labute approximate surface area is 102 Å². The van der Waals surface area contributed by atoms with Gasteiger partial charge in [-0.05, 0) is 42.8 Å². The maximum Gasteiger partial charge on any atom is 0.0626 e. The highest BCUT2D eigenvalue weighted by atomic mass is 14.7. The lowest BCUT2D eigenvalue weighted by Crippen LogP contribution is -1.81. The van der Waals surface area contributed by atoms with Gasteiger partial charge in [0.2, 0.25) is 0 Å². The first kappa shape index (κ1) is 12.8. The second-order valence-corrected chi connectivity index (χ2v) is 3.39. The first-order valence-corrected chi connectivity index (χ1v) is 5.35. The molecule has 17 heavy (non-hydrogen) atoms. The van der Waals surface area contributed by atoms with E-state index in [0.29, 0.717) is 0 Å². The molecule has 0 saturated heterocycles. The van der Waals surface area contributed by atoms with Gasteiger partial charge in [0.15, 0.2) is 0 Å². The summed E-state index contributed by atoms with van der Waals surface area (Å²) in [6.07, 6.45) is 7.03. The highest BCUT2D eigenvalue weighted by Gasteiger charge is 1.84. The second-order valence-electron chi connectivity index (χ2n) is 3.39. The maximum absolute atomic E-state index is 4.17. The standard InChI is InChI=1S/C8H9N.C7H7N/c1-3-8-6-4-5-7(2)9-8;1-2-7-3-5-8-6-4-7/h3-6H,1H2,2H3;2-6H,1H2. The third-order valence-electron chi connectivity index (χ3n) is 2.06. The molecule has 0 aromatic carbocycles. The molecule has 0 bridgehead atoms. The smallest absolute Gasteiger partial charge is 0.0626 e. The van der Waals surface area contributed by atoms with Crippen molar-refractivity contribution in [2.45, 2.75) is 6.92 Å². The molecule has 0 saturated carbocycles. The number of aromatic nitrogens is 2. The molecule has 0 unspecified atom stereocenters. The minimum atomic E-state index is 0.940. The molecule has 0 fully saturated rings. The van der Waals surface area contributed by atoms with E-state index in [0.717, 1.165) is 17.0 Å². The molecule has 2 heterocycles. The second kappa shape index (κ2) is 7.12. The summed E-state index contributed by atoms with van der Waals surface area (Å²) in [5.41, 5.74) is 3.09. The number of aryl methyl sites for hydroxylation is 1. The topological polar surface area (TPSA) is 25.8 Å². The van der Waals surface area contributed by atoms with Crippen molar-refractivity contribution >= 4 is 12.2 Å². The number of hydrogen-bond acceptors (Lipinski definition) is 2. The Kier molecular flexibility index (Phi) is 5.38. The SMILES string of the molecule is C=Cc1cccc(C)n1.C=Cc1ccncc1. The summed E-state index contributed by atoms with van der Waals surface area (Å²) in [6, 6.07) is 9.69. The molecule has 2 aromatic heterocycles. The van der Waals surface area contributed by atoms with E-state index >= 15 is 0 Å². The fourth-order valence-electron chi connectivity index (χ4n) is 1.18. The molecule has 0 aliphatic rings. The molecule has 0 atom stereocenters. The molecule has 2 nitrogen and oxygen atoms in total. The maximum atomic E-state index is 4.17. The predicted molar refractivity (Wildman–Crippen MR) is 73.4 cm³/mol. The minimum absolute atomic E-state index is 0.940. The Hall–Kier alpha value is -2.22. The molecule has 0 N–H and O–H groups in total. The van der Waals surface area contributed by atoms with Gasteiger partial charge in [0.25, 0.3) is 0 Å². The molecule has 0 aliphatic heterocycles. The third kappa shape index (κ3) is 4.89. The first-order valence-electron chi connectivity index (χ1n) is 5.35. The van der Waals surface area contributed by atoms with Crippen LogP contribution in [0.25, 0.3) is 12.2 Å². The molecular formula is C15H16N2. The average Bonchev–Trinajstić information content (AvgIpc) is 2.40. The molecular weight excluding hydrogens is 208 g/mol. The van der Waals surface area contributed by atoms with Gasteiger partial charge in [-0.15, -0.1) is 0 Å². The molecule has 0 amide bonds. The molecule has 86 valence electrons. The van der Waals surface area contributed by atoms with Crippen LogP contribution in [-0.2, 0) is 0 Å². The quantitative estimate of drug-likeness (QED) is 0.776. The van der Waals surface area contributed by atoms with E-state index in [4.69, 9.17) is 0 Å². The summed E-state index contributed by atoms with van der Waals surface area (Å²) in [7, 11) is 0. The van der Waals surface area contributed by atoms with Crippen LogP contribution in [0.1, 0.15) is 17.0 Å². The number of nitrogens with zero attached hydrogens (tertiary/aromatic N) is 2. The van der Waals surface area contributed by atoms with Crippen LogP contribution < -0.4 is 0 Å². The van der Waals surface area contributed by atoms with Crippen molar-refractivity contribution in [3.05, 3.63) is 72.8 Å². The Balaban J connectivity index is 0.000000171. The van der Waals surface area contributed by atoms with Crippen molar-refractivity contribution in [1.82, 2.24) is 9.97 Å². The lowest BCUT2D eigenvalue weighted by atomic mass is 10.3. The first-order chi connectivity index (χ1) is 8.26. The van der Waals surface area contributed by atoms with E-state index in [1.165, 1.54) is 0 Å². The van der Waals surface area contributed by atoms with Crippen molar-refractivity contribution < 1.29 is 0 Å². The lowest BCUT2D eigenvalue weighted by Gasteiger charge is -1.91. The zero-order chi connectivity index (χ0) is 12.5. The van der Waals surface area contributed by atoms with E-state index in [2.05, 4.69) is 23.1 Å². The molecule has 0 aliphatic carbocycles. The summed E-state index contributed by atoms with van der Waals surface area (Å²) in [5.74, 6) is 0. The molecule has 2 heteroatoms. The van der Waals surface area contributed by atoms with Gasteiger partial charge in [0.05, 0.1) is 5.69 Å². The van der Waals surface area contributed by atoms with Crippen LogP contribution in [0.15, 0.2) is 55.9 Å². The minimum Gasteiger partial charge on any atom is -0.265 e. The van der Waals surface area contributed by atoms with Gasteiger partial charge in [-0.1, -0.05) is 25.3 Å². The van der Waals surface area contributed by atoms with Gasteiger partial charge in [-0.2, -0.15) is 0 Å². The van der Waals surface area contributed by atoms with Gasteiger partial charge in [-0.3, -0.25) is 9.97 Å². The number of pyridine rings is 2. The van der Waals surface area contributed by atoms with Crippen LogP contribution in [0.5, 0.6) is 0 Å². The predicted octanol–water partition coefficient (Wildman–Crippen LogP) is 3.76. The normalized spacial score (nSPS) is 8.76. The summed E-state index contributed by atoms with van der Waals surface area (Å²) in [5, 5.41) is 0. The van der Waals surface area contributed by atoms with E-state index in [9.17, 15) is 0 Å². The van der Waals surface area contributed by atoms with E-state index in [1.807, 2.05) is 37.3 Å². The van der Waals surface area contributed by atoms with Crippen molar-refractivity contribution in [3.63, 3.8) is 0 Å². The van der Waals surface area contributed by atoms with Gasteiger partial charge in [0, 0.05) is 18.1 Å². The molecule has 2 rings (SSSR count). The Morgan fingerprint density at radius 3 is 2.12 bits per heavy atom. The van der Waals surface area contributed by atoms with Crippen LogP contribution in [-0.4, -0.2) is 9.97 Å². The summed E-state index contributed by atoms with van der Waals surface area (Å²) in [4.78, 5) is 8.02. The summed E-state index contributed by atoms with van der Waals surface area (Å²) in [6.45, 7) is 9.18. The average molecular weight is 224 g/mol. The zero-order valence-electron chi connectivity index (χ0n) is 10.0. The number of hydrogen-bond donors (Lipinski definition) is 0. The molecule has 0 spiro atoms. The van der Waals surface area contributed by atoms with E-state index < -0.39 is 0 Å². The molecule has 2 aromatic rings. The van der Waals surface area contributed by atoms with Crippen molar-refractivity contribution in [2.24, 2.45) is 0 Å². The monoisotopic (exact) mass is 224 g/mol. The Morgan fingerprint density at radius 2 is 1.71 bits per heavy atom. The highest BCUT2D eigenvalue weighted by Crippen LogP contribution is 1.97. The van der Waals surface area contributed by atoms with Gasteiger partial charge in [0.1, 0.15) is 0 Å². The van der Waals surface area contributed by atoms with Crippen molar-refractivity contribution in [2.75, 3.05) is 0 Å². The third-order valence-corrected chi connectivity index (χ3v) is 2.06. The number of rotatable bonds is 2. The fraction of sp³-hybridized carbons (Fsp3) is 0.0667. The van der Waals surface area contributed by atoms with Crippen LogP contribution >= 0.6 is 0 Å². The fourth-order valence-corrected chi connectivity index (χ4v) is 1.18. The zero-order valence-corrected chi connectivity index (χ0v) is 10.0. The van der Waals surface area contributed by atoms with Crippen LogP contribution in [0.3, 0.4) is 0 Å². The van der Waals surface area contributed by atoms with Gasteiger partial charge >= 0.3 is 0 Å². The Bertz CT molecular complexity index is 475. The summed E-state index contributed by atoms with van der Waals surface area (Å²) < 4.78 is 0. The van der Waals surface area contributed by atoms with E-state index in [1.54, 1.807) is 24.5 Å². The lowest BCUT2D eigenvalue weighted by molar-refractivity contribution is 1.18. The van der Waals surface area contributed by atoms with Gasteiger partial charge < -0.3 is 0 Å². The Morgan fingerprint density at radius 1 is 1.00 bits per heavy atom.